The predicted molar refractivity (Wildman–Crippen MR) is 114 cm³/mol. The van der Waals surface area contributed by atoms with E-state index in [1.54, 1.807) is 0 Å². The van der Waals surface area contributed by atoms with Gasteiger partial charge in [-0.25, -0.2) is 4.57 Å². The number of hydrogen-bond donors (Lipinski definition) is 0. The van der Waals surface area contributed by atoms with Crippen molar-refractivity contribution in [1.82, 2.24) is 0 Å². The topological polar surface area (TPSA) is 3.88 Å². The maximum Gasteiger partial charge on any atom is 0.213 e. The highest BCUT2D eigenvalue weighted by molar-refractivity contribution is 5.70. The Morgan fingerprint density at radius 1 is 0.852 bits per heavy atom. The molecule has 0 atom stereocenters. The van der Waals surface area contributed by atoms with Crippen LogP contribution in [0.2, 0.25) is 0 Å². The van der Waals surface area contributed by atoms with E-state index in [-0.39, 0.29) is 0 Å². The summed E-state index contributed by atoms with van der Waals surface area (Å²) in [5.74, 6) is 0.896. The molecule has 0 aliphatic heterocycles. The molecule has 0 radical (unpaired) electrons. The van der Waals surface area contributed by atoms with Gasteiger partial charge in [0, 0.05) is 17.7 Å². The van der Waals surface area contributed by atoms with Crippen LogP contribution in [0.5, 0.6) is 0 Å². The standard InChI is InChI=1S/C26H30N/c1-20-8-6-7-11-25(20)26-19-24(16-17-27(26)2)23-14-12-22(13-15-23)18-21-9-4-3-5-10-21/h6-8,11-17,19,21H,3-5,9-10,18H2,1-2H3/q+1. The Morgan fingerprint density at radius 3 is 2.33 bits per heavy atom. The third-order valence-electron chi connectivity index (χ3n) is 6.11. The van der Waals surface area contributed by atoms with E-state index >= 15 is 0 Å². The Hall–Kier alpha value is -2.41. The van der Waals surface area contributed by atoms with Crippen molar-refractivity contribution >= 4 is 0 Å². The van der Waals surface area contributed by atoms with E-state index in [1.165, 1.54) is 72.0 Å². The summed E-state index contributed by atoms with van der Waals surface area (Å²) in [7, 11) is 2.12. The van der Waals surface area contributed by atoms with Crippen molar-refractivity contribution in [3.63, 3.8) is 0 Å². The van der Waals surface area contributed by atoms with Crippen LogP contribution in [0.15, 0.2) is 66.9 Å². The van der Waals surface area contributed by atoms with Crippen molar-refractivity contribution in [1.29, 1.82) is 0 Å². The molecule has 1 fully saturated rings. The maximum absolute atomic E-state index is 2.34. The van der Waals surface area contributed by atoms with Crippen molar-refractivity contribution < 1.29 is 4.57 Å². The lowest BCUT2D eigenvalue weighted by molar-refractivity contribution is -0.660. The van der Waals surface area contributed by atoms with E-state index in [2.05, 4.69) is 85.4 Å². The Balaban J connectivity index is 1.58. The Labute approximate surface area is 163 Å². The molecule has 1 aliphatic rings. The molecule has 1 nitrogen and oxygen atoms in total. The molecule has 0 bridgehead atoms. The summed E-state index contributed by atoms with van der Waals surface area (Å²) >= 11 is 0. The predicted octanol–water partition coefficient (Wildman–Crippen LogP) is 6.28. The van der Waals surface area contributed by atoms with Crippen LogP contribution in [0, 0.1) is 12.8 Å². The molecule has 0 spiro atoms. The zero-order chi connectivity index (χ0) is 18.6. The molecule has 138 valence electrons. The van der Waals surface area contributed by atoms with E-state index in [9.17, 15) is 0 Å². The molecule has 1 aliphatic carbocycles. The number of nitrogens with zero attached hydrogens (tertiary/aromatic N) is 1. The van der Waals surface area contributed by atoms with Gasteiger partial charge in [0.1, 0.15) is 7.05 Å². The molecule has 0 unspecified atom stereocenters. The summed E-state index contributed by atoms with van der Waals surface area (Å²) in [6.45, 7) is 2.18. The Kier molecular flexibility index (Phi) is 5.38. The summed E-state index contributed by atoms with van der Waals surface area (Å²) in [5.41, 5.74) is 7.96. The zero-order valence-corrected chi connectivity index (χ0v) is 16.6. The Bertz CT molecular complexity index is 902. The van der Waals surface area contributed by atoms with E-state index in [4.69, 9.17) is 0 Å². The molecule has 0 N–H and O–H groups in total. The molecular weight excluding hydrogens is 326 g/mol. The van der Waals surface area contributed by atoms with Gasteiger partial charge in [-0.1, -0.05) is 74.6 Å². The lowest BCUT2D eigenvalue weighted by Crippen LogP contribution is -2.30. The minimum absolute atomic E-state index is 0.896. The van der Waals surface area contributed by atoms with Crippen LogP contribution in [0.4, 0.5) is 0 Å². The van der Waals surface area contributed by atoms with E-state index < -0.39 is 0 Å². The fraction of sp³-hybridized carbons (Fsp3) is 0.346. The fourth-order valence-corrected chi connectivity index (χ4v) is 4.44. The lowest BCUT2D eigenvalue weighted by Gasteiger charge is -2.21. The van der Waals surface area contributed by atoms with E-state index in [0.29, 0.717) is 0 Å². The highest BCUT2D eigenvalue weighted by Gasteiger charge is 2.15. The lowest BCUT2D eigenvalue weighted by atomic mass is 9.84. The van der Waals surface area contributed by atoms with Crippen molar-refractivity contribution in [2.75, 3.05) is 0 Å². The smallest absolute Gasteiger partial charge is 0.201 e. The van der Waals surface area contributed by atoms with Crippen LogP contribution in [-0.2, 0) is 13.5 Å². The van der Waals surface area contributed by atoms with Crippen LogP contribution in [-0.4, -0.2) is 0 Å². The van der Waals surface area contributed by atoms with Crippen molar-refractivity contribution in [3.8, 4) is 22.4 Å². The van der Waals surface area contributed by atoms with Crippen molar-refractivity contribution in [2.45, 2.75) is 45.4 Å². The maximum atomic E-state index is 2.34. The second-order valence-corrected chi connectivity index (χ2v) is 8.13. The fourth-order valence-electron chi connectivity index (χ4n) is 4.44. The van der Waals surface area contributed by atoms with Crippen molar-refractivity contribution in [3.05, 3.63) is 78.0 Å². The number of hydrogen-bond acceptors (Lipinski definition) is 0. The summed E-state index contributed by atoms with van der Waals surface area (Å²) < 4.78 is 2.21. The summed E-state index contributed by atoms with van der Waals surface area (Å²) in [6, 6.07) is 22.4. The third kappa shape index (κ3) is 4.13. The second kappa shape index (κ2) is 8.08. The van der Waals surface area contributed by atoms with Gasteiger partial charge in [0.15, 0.2) is 6.20 Å². The first kappa shape index (κ1) is 18.0. The van der Waals surface area contributed by atoms with Gasteiger partial charge in [0.05, 0.1) is 0 Å². The SMILES string of the molecule is Cc1ccccc1-c1cc(-c2ccc(CC3CCCCC3)cc2)cc[n+]1C. The van der Waals surface area contributed by atoms with Gasteiger partial charge >= 0.3 is 0 Å². The summed E-state index contributed by atoms with van der Waals surface area (Å²) in [5, 5.41) is 0. The van der Waals surface area contributed by atoms with Gasteiger partial charge in [-0.15, -0.1) is 0 Å². The van der Waals surface area contributed by atoms with Gasteiger partial charge < -0.3 is 0 Å². The third-order valence-corrected chi connectivity index (χ3v) is 6.11. The second-order valence-electron chi connectivity index (χ2n) is 8.13. The molecule has 1 aromatic heterocycles. The average molecular weight is 357 g/mol. The molecule has 2 aromatic carbocycles. The van der Waals surface area contributed by atoms with Gasteiger partial charge in [-0.2, -0.15) is 0 Å². The number of aromatic nitrogens is 1. The van der Waals surface area contributed by atoms with Gasteiger partial charge in [0.25, 0.3) is 0 Å². The Morgan fingerprint density at radius 2 is 1.59 bits per heavy atom. The molecule has 1 heterocycles. The van der Waals surface area contributed by atoms with Crippen LogP contribution in [0.3, 0.4) is 0 Å². The van der Waals surface area contributed by atoms with Gasteiger partial charge in [-0.05, 0) is 47.6 Å². The summed E-state index contributed by atoms with van der Waals surface area (Å²) in [6.07, 6.45) is 10.5. The molecule has 4 rings (SSSR count). The molecule has 1 saturated carbocycles. The highest BCUT2D eigenvalue weighted by Crippen LogP contribution is 2.29. The van der Waals surface area contributed by atoms with Crippen molar-refractivity contribution in [2.24, 2.45) is 13.0 Å². The first-order valence-electron chi connectivity index (χ1n) is 10.4. The van der Waals surface area contributed by atoms with E-state index in [0.717, 1.165) is 5.92 Å². The molecule has 27 heavy (non-hydrogen) atoms. The van der Waals surface area contributed by atoms with Crippen LogP contribution in [0.25, 0.3) is 22.4 Å². The molecule has 3 aromatic rings. The first-order valence-corrected chi connectivity index (χ1v) is 10.4. The van der Waals surface area contributed by atoms with Gasteiger partial charge in [0.2, 0.25) is 5.69 Å². The summed E-state index contributed by atoms with van der Waals surface area (Å²) in [4.78, 5) is 0. The molecule has 0 saturated heterocycles. The number of aryl methyl sites for hydroxylation is 2. The van der Waals surface area contributed by atoms with Crippen LogP contribution < -0.4 is 4.57 Å². The highest BCUT2D eigenvalue weighted by atomic mass is 14.9. The largest absolute Gasteiger partial charge is 0.213 e. The number of rotatable bonds is 4. The quantitative estimate of drug-likeness (QED) is 0.485. The minimum Gasteiger partial charge on any atom is -0.201 e. The average Bonchev–Trinajstić information content (AvgIpc) is 2.70. The monoisotopic (exact) mass is 356 g/mol. The normalized spacial score (nSPS) is 15.0. The molecule has 0 amide bonds. The minimum atomic E-state index is 0.896. The van der Waals surface area contributed by atoms with Crippen LogP contribution in [0.1, 0.15) is 43.2 Å². The van der Waals surface area contributed by atoms with E-state index in [1.807, 2.05) is 0 Å². The van der Waals surface area contributed by atoms with Gasteiger partial charge in [-0.3, -0.25) is 0 Å². The first-order chi connectivity index (χ1) is 13.2. The zero-order valence-electron chi connectivity index (χ0n) is 16.6. The number of benzene rings is 2. The van der Waals surface area contributed by atoms with Crippen LogP contribution >= 0.6 is 0 Å². The molecule has 1 heteroatoms. The molecular formula is C26H30N+. The number of pyridine rings is 1.